The number of anilines is 1. The fourth-order valence-corrected chi connectivity index (χ4v) is 3.19. The Bertz CT molecular complexity index is 873. The zero-order chi connectivity index (χ0) is 18.2. The Balaban J connectivity index is 1.78. The van der Waals surface area contributed by atoms with Crippen LogP contribution in [0.2, 0.25) is 5.02 Å². The molecule has 26 heavy (non-hydrogen) atoms. The number of imidazole rings is 1. The van der Waals surface area contributed by atoms with Crippen LogP contribution in [0, 0.1) is 0 Å². The molecule has 0 atom stereocenters. The van der Waals surface area contributed by atoms with Gasteiger partial charge in [-0.05, 0) is 29.8 Å². The highest BCUT2D eigenvalue weighted by Gasteiger charge is 2.09. The number of benzene rings is 2. The number of aromatic nitrogens is 2. The molecule has 0 aliphatic rings. The highest BCUT2D eigenvalue weighted by Crippen LogP contribution is 2.20. The van der Waals surface area contributed by atoms with E-state index in [1.54, 1.807) is 18.0 Å². The highest BCUT2D eigenvalue weighted by molar-refractivity contribution is 7.99. The molecule has 0 aliphatic carbocycles. The van der Waals surface area contributed by atoms with Gasteiger partial charge in [0.15, 0.2) is 5.16 Å². The SMILES string of the molecule is C=CCSc1ncc(/C=N/Nc2ccc(Cl)cc2)n1Cc1ccccc1. The lowest BCUT2D eigenvalue weighted by molar-refractivity contribution is 0.705. The first kappa shape index (κ1) is 18.3. The first-order valence-electron chi connectivity index (χ1n) is 8.14. The Hall–Kier alpha value is -2.50. The molecule has 0 spiro atoms. The predicted octanol–water partition coefficient (Wildman–Crippen LogP) is 5.31. The third-order valence-corrected chi connectivity index (χ3v) is 4.84. The first-order valence-corrected chi connectivity index (χ1v) is 9.50. The van der Waals surface area contributed by atoms with Crippen LogP contribution in [-0.4, -0.2) is 21.5 Å². The van der Waals surface area contributed by atoms with Crippen molar-refractivity contribution in [1.82, 2.24) is 9.55 Å². The molecule has 3 aromatic rings. The van der Waals surface area contributed by atoms with Gasteiger partial charge in [-0.1, -0.05) is 59.8 Å². The first-order chi connectivity index (χ1) is 12.8. The van der Waals surface area contributed by atoms with Crippen molar-refractivity contribution < 1.29 is 0 Å². The van der Waals surface area contributed by atoms with E-state index in [0.29, 0.717) is 5.02 Å². The molecule has 6 heteroatoms. The van der Waals surface area contributed by atoms with Crippen LogP contribution < -0.4 is 5.43 Å². The Morgan fingerprint density at radius 3 is 2.65 bits per heavy atom. The molecular weight excluding hydrogens is 364 g/mol. The van der Waals surface area contributed by atoms with Gasteiger partial charge in [0, 0.05) is 10.8 Å². The molecule has 0 aliphatic heterocycles. The number of nitrogens with one attached hydrogen (secondary N) is 1. The fraction of sp³-hybridized carbons (Fsp3) is 0.100. The van der Waals surface area contributed by atoms with Gasteiger partial charge in [-0.25, -0.2) is 4.98 Å². The Kier molecular flexibility index (Phi) is 6.52. The van der Waals surface area contributed by atoms with Crippen molar-refractivity contribution >= 4 is 35.3 Å². The molecule has 132 valence electrons. The van der Waals surface area contributed by atoms with Crippen LogP contribution in [0.4, 0.5) is 5.69 Å². The van der Waals surface area contributed by atoms with Crippen molar-refractivity contribution in [3.8, 4) is 0 Å². The van der Waals surface area contributed by atoms with Gasteiger partial charge in [-0.3, -0.25) is 5.43 Å². The van der Waals surface area contributed by atoms with E-state index in [-0.39, 0.29) is 0 Å². The molecule has 3 rings (SSSR count). The molecule has 2 aromatic carbocycles. The van der Waals surface area contributed by atoms with Crippen molar-refractivity contribution in [3.63, 3.8) is 0 Å². The van der Waals surface area contributed by atoms with Crippen LogP contribution in [0.25, 0.3) is 0 Å². The minimum absolute atomic E-state index is 0.698. The van der Waals surface area contributed by atoms with Crippen molar-refractivity contribution in [2.45, 2.75) is 11.7 Å². The van der Waals surface area contributed by atoms with E-state index in [0.717, 1.165) is 28.8 Å². The Morgan fingerprint density at radius 1 is 1.15 bits per heavy atom. The minimum Gasteiger partial charge on any atom is -0.314 e. The monoisotopic (exact) mass is 382 g/mol. The van der Waals surface area contributed by atoms with Crippen molar-refractivity contribution in [1.29, 1.82) is 0 Å². The van der Waals surface area contributed by atoms with Gasteiger partial charge in [0.1, 0.15) is 0 Å². The van der Waals surface area contributed by atoms with Crippen molar-refractivity contribution in [2.75, 3.05) is 11.2 Å². The van der Waals surface area contributed by atoms with Crippen LogP contribution in [-0.2, 0) is 6.54 Å². The van der Waals surface area contributed by atoms with Crippen LogP contribution in [0.15, 0.2) is 83.7 Å². The highest BCUT2D eigenvalue weighted by atomic mass is 35.5. The Morgan fingerprint density at radius 2 is 1.92 bits per heavy atom. The van der Waals surface area contributed by atoms with E-state index >= 15 is 0 Å². The maximum atomic E-state index is 5.90. The summed E-state index contributed by atoms with van der Waals surface area (Å²) < 4.78 is 2.15. The van der Waals surface area contributed by atoms with Crippen molar-refractivity contribution in [2.24, 2.45) is 5.10 Å². The molecule has 1 N–H and O–H groups in total. The maximum Gasteiger partial charge on any atom is 0.169 e. The van der Waals surface area contributed by atoms with E-state index in [4.69, 9.17) is 11.6 Å². The van der Waals surface area contributed by atoms with Gasteiger partial charge in [-0.2, -0.15) is 5.10 Å². The lowest BCUT2D eigenvalue weighted by Crippen LogP contribution is -2.06. The average molecular weight is 383 g/mol. The van der Waals surface area contributed by atoms with Gasteiger partial charge >= 0.3 is 0 Å². The van der Waals surface area contributed by atoms with Crippen molar-refractivity contribution in [3.05, 3.63) is 89.7 Å². The molecule has 0 bridgehead atoms. The van der Waals surface area contributed by atoms with Crippen LogP contribution >= 0.6 is 23.4 Å². The second kappa shape index (κ2) is 9.27. The molecule has 0 fully saturated rings. The van der Waals surface area contributed by atoms with Gasteiger partial charge in [0.2, 0.25) is 0 Å². The quantitative estimate of drug-likeness (QED) is 0.248. The molecule has 4 nitrogen and oxygen atoms in total. The third-order valence-electron chi connectivity index (χ3n) is 3.60. The number of nitrogens with zero attached hydrogens (tertiary/aromatic N) is 3. The number of hydrogen-bond acceptors (Lipinski definition) is 4. The van der Waals surface area contributed by atoms with E-state index in [1.165, 1.54) is 5.56 Å². The Labute approximate surface area is 162 Å². The second-order valence-corrected chi connectivity index (χ2v) is 6.94. The number of halogens is 1. The van der Waals surface area contributed by atoms with Gasteiger partial charge in [0.25, 0.3) is 0 Å². The number of rotatable bonds is 8. The summed E-state index contributed by atoms with van der Waals surface area (Å²) in [4.78, 5) is 4.53. The summed E-state index contributed by atoms with van der Waals surface area (Å²) in [6.45, 7) is 4.52. The van der Waals surface area contributed by atoms with Crippen LogP contribution in [0.5, 0.6) is 0 Å². The minimum atomic E-state index is 0.698. The van der Waals surface area contributed by atoms with E-state index < -0.39 is 0 Å². The normalized spacial score (nSPS) is 11.0. The summed E-state index contributed by atoms with van der Waals surface area (Å²) in [5.74, 6) is 0.811. The fourth-order valence-electron chi connectivity index (χ4n) is 2.35. The molecule has 1 heterocycles. The molecule has 0 amide bonds. The molecule has 0 saturated carbocycles. The topological polar surface area (TPSA) is 42.2 Å². The summed E-state index contributed by atoms with van der Waals surface area (Å²) in [7, 11) is 0. The van der Waals surface area contributed by atoms with E-state index in [2.05, 4.69) is 38.8 Å². The summed E-state index contributed by atoms with van der Waals surface area (Å²) in [5.41, 5.74) is 6.03. The largest absolute Gasteiger partial charge is 0.314 e. The number of hydrogen-bond donors (Lipinski definition) is 1. The van der Waals surface area contributed by atoms with E-state index in [1.807, 2.05) is 54.7 Å². The standard InChI is InChI=1S/C20H19ClN4S/c1-2-12-26-20-22-13-19(25(20)15-16-6-4-3-5-7-16)14-23-24-18-10-8-17(21)9-11-18/h2-11,13-14,24H,1,12,15H2/b23-14+. The van der Waals surface area contributed by atoms with Gasteiger partial charge in [0.05, 0.1) is 30.3 Å². The van der Waals surface area contributed by atoms with Gasteiger partial charge in [-0.15, -0.1) is 6.58 Å². The van der Waals surface area contributed by atoms with E-state index in [9.17, 15) is 0 Å². The maximum absolute atomic E-state index is 5.90. The molecular formula is C20H19ClN4S. The lowest BCUT2D eigenvalue weighted by atomic mass is 10.2. The van der Waals surface area contributed by atoms with Crippen LogP contribution in [0.3, 0.4) is 0 Å². The zero-order valence-corrected chi connectivity index (χ0v) is 15.7. The van der Waals surface area contributed by atoms with Crippen LogP contribution in [0.1, 0.15) is 11.3 Å². The molecule has 0 radical (unpaired) electrons. The summed E-state index contributed by atoms with van der Waals surface area (Å²) in [6, 6.07) is 17.7. The van der Waals surface area contributed by atoms with Gasteiger partial charge < -0.3 is 4.57 Å². The molecule has 1 aromatic heterocycles. The smallest absolute Gasteiger partial charge is 0.169 e. The number of hydrazone groups is 1. The average Bonchev–Trinajstić information content (AvgIpc) is 3.04. The summed E-state index contributed by atoms with van der Waals surface area (Å²) in [6.07, 6.45) is 5.49. The lowest BCUT2D eigenvalue weighted by Gasteiger charge is -2.09. The summed E-state index contributed by atoms with van der Waals surface area (Å²) >= 11 is 7.55. The molecule has 0 saturated heterocycles. The predicted molar refractivity (Wildman–Crippen MR) is 111 cm³/mol. The third kappa shape index (κ3) is 5.00. The molecule has 0 unspecified atom stereocenters. The number of thioether (sulfide) groups is 1. The summed E-state index contributed by atoms with van der Waals surface area (Å²) in [5, 5.41) is 5.97. The zero-order valence-electron chi connectivity index (χ0n) is 14.2. The second-order valence-electron chi connectivity index (χ2n) is 5.51.